The smallest absolute Gasteiger partial charge is 0.309 e. The molecule has 0 radical (unpaired) electrons. The standard InChI is InChI=1S/C23H24N2O2/c1-2-27-23(26)18-12-14-25(15-13-18)22-11-9-20-16-19(8-10-21(20)24-22)17-6-4-3-5-7-17/h3-11,16,18H,2,12-15H2,1H3. The number of anilines is 1. The van der Waals surface area contributed by atoms with E-state index in [4.69, 9.17) is 9.72 Å². The molecule has 1 aliphatic rings. The van der Waals surface area contributed by atoms with Crippen LogP contribution in [-0.4, -0.2) is 30.6 Å². The Hall–Kier alpha value is -2.88. The average Bonchev–Trinajstić information content (AvgIpc) is 2.74. The van der Waals surface area contributed by atoms with Crippen LogP contribution in [0.2, 0.25) is 0 Å². The molecule has 0 N–H and O–H groups in total. The van der Waals surface area contributed by atoms with Gasteiger partial charge in [-0.15, -0.1) is 0 Å². The molecule has 1 aliphatic heterocycles. The molecular weight excluding hydrogens is 336 g/mol. The van der Waals surface area contributed by atoms with E-state index in [9.17, 15) is 4.79 Å². The van der Waals surface area contributed by atoms with Crippen molar-refractivity contribution in [1.82, 2.24) is 4.98 Å². The Labute approximate surface area is 159 Å². The quantitative estimate of drug-likeness (QED) is 0.634. The first-order valence-corrected chi connectivity index (χ1v) is 9.62. The zero-order valence-corrected chi connectivity index (χ0v) is 15.6. The summed E-state index contributed by atoms with van der Waals surface area (Å²) in [5.74, 6) is 0.949. The molecule has 0 bridgehead atoms. The lowest BCUT2D eigenvalue weighted by molar-refractivity contribution is -0.148. The topological polar surface area (TPSA) is 42.4 Å². The summed E-state index contributed by atoms with van der Waals surface area (Å²) >= 11 is 0. The van der Waals surface area contributed by atoms with Gasteiger partial charge in [0, 0.05) is 18.5 Å². The van der Waals surface area contributed by atoms with E-state index in [0.717, 1.165) is 42.7 Å². The van der Waals surface area contributed by atoms with Crippen molar-refractivity contribution in [3.05, 3.63) is 60.7 Å². The van der Waals surface area contributed by atoms with Crippen LogP contribution >= 0.6 is 0 Å². The van der Waals surface area contributed by atoms with Crippen LogP contribution in [0.5, 0.6) is 0 Å². The van der Waals surface area contributed by atoms with E-state index in [1.54, 1.807) is 0 Å². The molecule has 0 amide bonds. The molecule has 2 aromatic carbocycles. The Morgan fingerprint density at radius 2 is 1.81 bits per heavy atom. The Balaban J connectivity index is 1.50. The summed E-state index contributed by atoms with van der Waals surface area (Å²) < 4.78 is 5.15. The molecule has 1 saturated heterocycles. The van der Waals surface area contributed by atoms with Gasteiger partial charge in [-0.1, -0.05) is 36.4 Å². The number of hydrogen-bond acceptors (Lipinski definition) is 4. The van der Waals surface area contributed by atoms with Gasteiger partial charge in [-0.25, -0.2) is 4.98 Å². The van der Waals surface area contributed by atoms with E-state index in [0.29, 0.717) is 6.61 Å². The van der Waals surface area contributed by atoms with Crippen molar-refractivity contribution < 1.29 is 9.53 Å². The minimum Gasteiger partial charge on any atom is -0.466 e. The lowest BCUT2D eigenvalue weighted by atomic mass is 9.97. The molecule has 27 heavy (non-hydrogen) atoms. The number of benzene rings is 2. The molecule has 4 heteroatoms. The van der Waals surface area contributed by atoms with Crippen LogP contribution in [0.1, 0.15) is 19.8 Å². The molecule has 138 valence electrons. The third-order valence-electron chi connectivity index (χ3n) is 5.22. The Morgan fingerprint density at radius 3 is 2.56 bits per heavy atom. The van der Waals surface area contributed by atoms with Crippen molar-refractivity contribution in [3.63, 3.8) is 0 Å². The number of nitrogens with zero attached hydrogens (tertiary/aromatic N) is 2. The van der Waals surface area contributed by atoms with Crippen LogP contribution in [0, 0.1) is 5.92 Å². The van der Waals surface area contributed by atoms with Gasteiger partial charge in [0.25, 0.3) is 0 Å². The highest BCUT2D eigenvalue weighted by molar-refractivity contribution is 5.85. The number of carbonyl (C=O) groups is 1. The Kier molecular flexibility index (Phi) is 5.05. The highest BCUT2D eigenvalue weighted by atomic mass is 16.5. The molecule has 0 atom stereocenters. The molecule has 0 saturated carbocycles. The average molecular weight is 360 g/mol. The van der Waals surface area contributed by atoms with Gasteiger partial charge in [0.2, 0.25) is 0 Å². The van der Waals surface area contributed by atoms with E-state index in [-0.39, 0.29) is 11.9 Å². The van der Waals surface area contributed by atoms with Crippen molar-refractivity contribution in [2.75, 3.05) is 24.6 Å². The lowest BCUT2D eigenvalue weighted by Gasteiger charge is -2.31. The van der Waals surface area contributed by atoms with Crippen LogP contribution in [-0.2, 0) is 9.53 Å². The molecule has 0 unspecified atom stereocenters. The number of ether oxygens (including phenoxy) is 1. The van der Waals surface area contributed by atoms with Crippen molar-refractivity contribution >= 4 is 22.7 Å². The van der Waals surface area contributed by atoms with Crippen molar-refractivity contribution in [1.29, 1.82) is 0 Å². The van der Waals surface area contributed by atoms with Gasteiger partial charge in [-0.3, -0.25) is 4.79 Å². The fourth-order valence-corrected chi connectivity index (χ4v) is 3.71. The zero-order valence-electron chi connectivity index (χ0n) is 15.6. The second-order valence-corrected chi connectivity index (χ2v) is 6.96. The second kappa shape index (κ2) is 7.78. The van der Waals surface area contributed by atoms with Crippen molar-refractivity contribution in [2.45, 2.75) is 19.8 Å². The summed E-state index contributed by atoms with van der Waals surface area (Å²) in [5.41, 5.74) is 3.41. The van der Waals surface area contributed by atoms with Crippen LogP contribution in [0.4, 0.5) is 5.82 Å². The zero-order chi connectivity index (χ0) is 18.6. The largest absolute Gasteiger partial charge is 0.466 e. The van der Waals surface area contributed by atoms with Crippen LogP contribution < -0.4 is 4.90 Å². The summed E-state index contributed by atoms with van der Waals surface area (Å²) in [7, 11) is 0. The van der Waals surface area contributed by atoms with Gasteiger partial charge in [-0.2, -0.15) is 0 Å². The number of hydrogen-bond donors (Lipinski definition) is 0. The number of fused-ring (bicyclic) bond motifs is 1. The molecule has 1 fully saturated rings. The van der Waals surface area contributed by atoms with Gasteiger partial charge in [0.1, 0.15) is 5.82 Å². The molecule has 4 rings (SSSR count). The fraction of sp³-hybridized carbons (Fsp3) is 0.304. The van der Waals surface area contributed by atoms with Gasteiger partial charge >= 0.3 is 5.97 Å². The van der Waals surface area contributed by atoms with E-state index < -0.39 is 0 Å². The molecular formula is C23H24N2O2. The predicted molar refractivity (Wildman–Crippen MR) is 109 cm³/mol. The lowest BCUT2D eigenvalue weighted by Crippen LogP contribution is -2.37. The van der Waals surface area contributed by atoms with Crippen LogP contribution in [0.3, 0.4) is 0 Å². The van der Waals surface area contributed by atoms with Crippen LogP contribution in [0.25, 0.3) is 22.0 Å². The number of rotatable bonds is 4. The third kappa shape index (κ3) is 3.80. The summed E-state index contributed by atoms with van der Waals surface area (Å²) in [4.78, 5) is 19.0. The maximum absolute atomic E-state index is 11.9. The predicted octanol–water partition coefficient (Wildman–Crippen LogP) is 4.68. The van der Waals surface area contributed by atoms with E-state index in [1.807, 2.05) is 13.0 Å². The summed E-state index contributed by atoms with van der Waals surface area (Å²) in [6, 6.07) is 21.0. The number of piperidine rings is 1. The summed E-state index contributed by atoms with van der Waals surface area (Å²) in [6.45, 7) is 3.99. The Bertz CT molecular complexity index is 932. The second-order valence-electron chi connectivity index (χ2n) is 6.96. The van der Waals surface area contributed by atoms with Crippen molar-refractivity contribution in [3.8, 4) is 11.1 Å². The summed E-state index contributed by atoms with van der Waals surface area (Å²) in [5, 5.41) is 1.14. The highest BCUT2D eigenvalue weighted by Gasteiger charge is 2.26. The van der Waals surface area contributed by atoms with Gasteiger partial charge in [0.05, 0.1) is 18.0 Å². The molecule has 1 aromatic heterocycles. The first-order valence-electron chi connectivity index (χ1n) is 9.62. The SMILES string of the molecule is CCOC(=O)C1CCN(c2ccc3cc(-c4ccccc4)ccc3n2)CC1. The number of esters is 1. The van der Waals surface area contributed by atoms with Gasteiger partial charge in [0.15, 0.2) is 0 Å². The first-order chi connectivity index (χ1) is 13.2. The monoisotopic (exact) mass is 360 g/mol. The minimum absolute atomic E-state index is 0.0232. The first kappa shape index (κ1) is 17.5. The maximum Gasteiger partial charge on any atom is 0.309 e. The molecule has 2 heterocycles. The number of aromatic nitrogens is 1. The van der Waals surface area contributed by atoms with Gasteiger partial charge < -0.3 is 9.64 Å². The fourth-order valence-electron chi connectivity index (χ4n) is 3.71. The molecule has 0 aliphatic carbocycles. The minimum atomic E-state index is -0.0583. The van der Waals surface area contributed by atoms with Gasteiger partial charge in [-0.05, 0) is 55.2 Å². The molecule has 0 spiro atoms. The normalized spacial score (nSPS) is 15.1. The summed E-state index contributed by atoms with van der Waals surface area (Å²) in [6.07, 6.45) is 1.65. The number of carbonyl (C=O) groups excluding carboxylic acids is 1. The van der Waals surface area contributed by atoms with Crippen molar-refractivity contribution in [2.24, 2.45) is 5.92 Å². The number of pyridine rings is 1. The maximum atomic E-state index is 11.9. The Morgan fingerprint density at radius 1 is 1.04 bits per heavy atom. The third-order valence-corrected chi connectivity index (χ3v) is 5.22. The molecule has 4 nitrogen and oxygen atoms in total. The highest BCUT2D eigenvalue weighted by Crippen LogP contribution is 2.27. The van der Waals surface area contributed by atoms with E-state index >= 15 is 0 Å². The van der Waals surface area contributed by atoms with Crippen LogP contribution in [0.15, 0.2) is 60.7 Å². The van der Waals surface area contributed by atoms with E-state index in [2.05, 4.69) is 59.5 Å². The molecule has 3 aromatic rings. The van der Waals surface area contributed by atoms with E-state index in [1.165, 1.54) is 11.1 Å².